The van der Waals surface area contributed by atoms with Crippen molar-refractivity contribution >= 4 is 34.5 Å². The largest absolute Gasteiger partial charge is 0.389 e. The topological polar surface area (TPSA) is 68.8 Å². The summed E-state index contributed by atoms with van der Waals surface area (Å²) in [5.74, 6) is 0.809. The van der Waals surface area contributed by atoms with Crippen LogP contribution in [0, 0.1) is 0 Å². The first kappa shape index (κ1) is 12.8. The molecule has 94 valence electrons. The second-order valence-electron chi connectivity index (χ2n) is 3.77. The number of hydrogen-bond acceptors (Lipinski definition) is 4. The van der Waals surface area contributed by atoms with Crippen LogP contribution in [-0.2, 0) is 13.6 Å². The van der Waals surface area contributed by atoms with E-state index in [4.69, 9.17) is 29.6 Å². The summed E-state index contributed by atoms with van der Waals surface area (Å²) in [6.45, 7) is 0.520. The Hall–Kier alpha value is -1.66. The standard InChI is InChI=1S/C11H12ClN5S/c1-17-6-15-16-10(17)5-14-9-4-7(12)2-3-8(9)11(13)18/h2-4,6,14H,5H2,1H3,(H2,13,18). The molecule has 3 N–H and O–H groups in total. The van der Waals surface area contributed by atoms with Crippen molar-refractivity contribution in [2.75, 3.05) is 5.32 Å². The quantitative estimate of drug-likeness (QED) is 0.835. The first-order valence-corrected chi connectivity index (χ1v) is 6.02. The Bertz CT molecular complexity index is 581. The number of aromatic nitrogens is 3. The van der Waals surface area contributed by atoms with E-state index in [2.05, 4.69) is 15.5 Å². The normalized spacial score (nSPS) is 10.3. The maximum Gasteiger partial charge on any atom is 0.151 e. The number of benzene rings is 1. The highest BCUT2D eigenvalue weighted by atomic mass is 35.5. The molecule has 1 aromatic heterocycles. The summed E-state index contributed by atoms with van der Waals surface area (Å²) in [6.07, 6.45) is 1.64. The minimum Gasteiger partial charge on any atom is -0.389 e. The number of rotatable bonds is 4. The van der Waals surface area contributed by atoms with Gasteiger partial charge < -0.3 is 15.6 Å². The predicted molar refractivity (Wildman–Crippen MR) is 75.7 cm³/mol. The van der Waals surface area contributed by atoms with Crippen LogP contribution in [0.15, 0.2) is 24.5 Å². The van der Waals surface area contributed by atoms with Gasteiger partial charge in [-0.1, -0.05) is 23.8 Å². The van der Waals surface area contributed by atoms with Gasteiger partial charge in [0.2, 0.25) is 0 Å². The van der Waals surface area contributed by atoms with Crippen molar-refractivity contribution in [2.24, 2.45) is 12.8 Å². The van der Waals surface area contributed by atoms with Crippen molar-refractivity contribution in [2.45, 2.75) is 6.54 Å². The number of nitrogens with one attached hydrogen (secondary N) is 1. The van der Waals surface area contributed by atoms with Gasteiger partial charge in [-0.05, 0) is 18.2 Å². The van der Waals surface area contributed by atoms with Crippen molar-refractivity contribution in [1.29, 1.82) is 0 Å². The van der Waals surface area contributed by atoms with Gasteiger partial charge in [0.15, 0.2) is 5.82 Å². The van der Waals surface area contributed by atoms with E-state index in [9.17, 15) is 0 Å². The van der Waals surface area contributed by atoms with Gasteiger partial charge in [-0.25, -0.2) is 0 Å². The van der Waals surface area contributed by atoms with E-state index in [1.165, 1.54) is 0 Å². The zero-order valence-electron chi connectivity index (χ0n) is 9.72. The van der Waals surface area contributed by atoms with Crippen LogP contribution in [-0.4, -0.2) is 19.8 Å². The molecule has 1 aromatic carbocycles. The fourth-order valence-electron chi connectivity index (χ4n) is 1.52. The van der Waals surface area contributed by atoms with E-state index in [1.54, 1.807) is 24.5 Å². The molecule has 0 fully saturated rings. The zero-order chi connectivity index (χ0) is 13.1. The fraction of sp³-hybridized carbons (Fsp3) is 0.182. The molecule has 0 aliphatic rings. The molecule has 0 saturated carbocycles. The summed E-state index contributed by atoms with van der Waals surface area (Å²) >= 11 is 11.0. The van der Waals surface area contributed by atoms with Gasteiger partial charge >= 0.3 is 0 Å². The second-order valence-corrected chi connectivity index (χ2v) is 4.64. The van der Waals surface area contributed by atoms with E-state index in [0.717, 1.165) is 17.1 Å². The van der Waals surface area contributed by atoms with Gasteiger partial charge in [0, 0.05) is 23.3 Å². The zero-order valence-corrected chi connectivity index (χ0v) is 11.3. The Morgan fingerprint density at radius 2 is 2.33 bits per heavy atom. The number of thiocarbonyl (C=S) groups is 1. The molecule has 1 heterocycles. The predicted octanol–water partition coefficient (Wildman–Crippen LogP) is 1.71. The number of nitrogens with zero attached hydrogens (tertiary/aromatic N) is 3. The molecule has 0 atom stereocenters. The van der Waals surface area contributed by atoms with Gasteiger partial charge in [-0.3, -0.25) is 0 Å². The average molecular weight is 282 g/mol. The lowest BCUT2D eigenvalue weighted by Gasteiger charge is -2.11. The molecule has 5 nitrogen and oxygen atoms in total. The third kappa shape index (κ3) is 2.77. The molecular weight excluding hydrogens is 270 g/mol. The Morgan fingerprint density at radius 3 is 2.94 bits per heavy atom. The second kappa shape index (κ2) is 5.32. The summed E-state index contributed by atoms with van der Waals surface area (Å²) in [5.41, 5.74) is 7.21. The molecule has 7 heteroatoms. The molecule has 0 bridgehead atoms. The molecule has 0 aliphatic carbocycles. The summed E-state index contributed by atoms with van der Waals surface area (Å²) in [4.78, 5) is 0.326. The van der Waals surface area contributed by atoms with Crippen molar-refractivity contribution < 1.29 is 0 Å². The maximum absolute atomic E-state index is 5.96. The number of hydrogen-bond donors (Lipinski definition) is 2. The van der Waals surface area contributed by atoms with Gasteiger partial charge in [0.05, 0.1) is 6.54 Å². The minimum atomic E-state index is 0.326. The van der Waals surface area contributed by atoms with Crippen molar-refractivity contribution in [3.8, 4) is 0 Å². The summed E-state index contributed by atoms with van der Waals surface area (Å²) in [7, 11) is 1.88. The number of nitrogens with two attached hydrogens (primary N) is 1. The fourth-order valence-corrected chi connectivity index (χ4v) is 1.87. The van der Waals surface area contributed by atoms with E-state index in [-0.39, 0.29) is 0 Å². The Morgan fingerprint density at radius 1 is 1.56 bits per heavy atom. The Kier molecular flexibility index (Phi) is 3.78. The van der Waals surface area contributed by atoms with E-state index < -0.39 is 0 Å². The van der Waals surface area contributed by atoms with Gasteiger partial charge in [-0.15, -0.1) is 10.2 Å². The number of halogens is 1. The molecule has 0 radical (unpaired) electrons. The molecule has 0 saturated heterocycles. The van der Waals surface area contributed by atoms with Gasteiger partial charge in [0.1, 0.15) is 11.3 Å². The van der Waals surface area contributed by atoms with Crippen LogP contribution in [0.1, 0.15) is 11.4 Å². The van der Waals surface area contributed by atoms with Crippen molar-refractivity contribution in [3.63, 3.8) is 0 Å². The lowest BCUT2D eigenvalue weighted by atomic mass is 10.2. The summed E-state index contributed by atoms with van der Waals surface area (Å²) in [6, 6.07) is 5.33. The molecule has 0 spiro atoms. The number of aryl methyl sites for hydroxylation is 1. The maximum atomic E-state index is 5.96. The van der Waals surface area contributed by atoms with Gasteiger partial charge in [0.25, 0.3) is 0 Å². The summed E-state index contributed by atoms with van der Waals surface area (Å²) in [5, 5.41) is 11.6. The average Bonchev–Trinajstić information content (AvgIpc) is 2.72. The highest BCUT2D eigenvalue weighted by molar-refractivity contribution is 7.80. The highest BCUT2D eigenvalue weighted by Gasteiger charge is 2.07. The smallest absolute Gasteiger partial charge is 0.151 e. The van der Waals surface area contributed by atoms with Crippen LogP contribution < -0.4 is 11.1 Å². The third-order valence-corrected chi connectivity index (χ3v) is 2.94. The van der Waals surface area contributed by atoms with Crippen LogP contribution in [0.3, 0.4) is 0 Å². The molecule has 2 aromatic rings. The van der Waals surface area contributed by atoms with Crippen LogP contribution in [0.25, 0.3) is 0 Å². The lowest BCUT2D eigenvalue weighted by Crippen LogP contribution is -2.14. The molecule has 18 heavy (non-hydrogen) atoms. The number of anilines is 1. The first-order chi connectivity index (χ1) is 8.58. The molecule has 0 unspecified atom stereocenters. The van der Waals surface area contributed by atoms with Crippen LogP contribution in [0.2, 0.25) is 5.02 Å². The van der Waals surface area contributed by atoms with Crippen LogP contribution in [0.5, 0.6) is 0 Å². The van der Waals surface area contributed by atoms with E-state index in [0.29, 0.717) is 16.6 Å². The summed E-state index contributed by atoms with van der Waals surface area (Å²) < 4.78 is 1.83. The van der Waals surface area contributed by atoms with Crippen molar-refractivity contribution in [1.82, 2.24) is 14.8 Å². The van der Waals surface area contributed by atoms with E-state index >= 15 is 0 Å². The van der Waals surface area contributed by atoms with Crippen LogP contribution >= 0.6 is 23.8 Å². The molecule has 0 amide bonds. The molecule has 0 aliphatic heterocycles. The van der Waals surface area contributed by atoms with Crippen molar-refractivity contribution in [3.05, 3.63) is 40.9 Å². The highest BCUT2D eigenvalue weighted by Crippen LogP contribution is 2.21. The third-order valence-electron chi connectivity index (χ3n) is 2.49. The first-order valence-electron chi connectivity index (χ1n) is 5.24. The van der Waals surface area contributed by atoms with Crippen LogP contribution in [0.4, 0.5) is 5.69 Å². The monoisotopic (exact) mass is 281 g/mol. The SMILES string of the molecule is Cn1cnnc1CNc1cc(Cl)ccc1C(N)=S. The molecular formula is C11H12ClN5S. The Labute approximate surface area is 115 Å². The molecule has 2 rings (SSSR count). The van der Waals surface area contributed by atoms with Gasteiger partial charge in [-0.2, -0.15) is 0 Å². The van der Waals surface area contributed by atoms with E-state index in [1.807, 2.05) is 11.6 Å². The Balaban J connectivity index is 2.20. The minimum absolute atomic E-state index is 0.326. The lowest BCUT2D eigenvalue weighted by molar-refractivity contribution is 0.812.